The fourth-order valence-corrected chi connectivity index (χ4v) is 1.65. The SMILES string of the molecule is C[C@H](N)CCC1COc2ccccc2O1. The lowest BCUT2D eigenvalue weighted by molar-refractivity contribution is 0.0823. The zero-order valence-corrected chi connectivity index (χ0v) is 8.98. The molecule has 3 nitrogen and oxygen atoms in total. The van der Waals surface area contributed by atoms with E-state index in [0.29, 0.717) is 6.61 Å². The maximum atomic E-state index is 5.80. The Morgan fingerprint density at radius 2 is 2.13 bits per heavy atom. The lowest BCUT2D eigenvalue weighted by Crippen LogP contribution is -2.30. The van der Waals surface area contributed by atoms with E-state index in [0.717, 1.165) is 24.3 Å². The average Bonchev–Trinajstić information content (AvgIpc) is 2.26. The van der Waals surface area contributed by atoms with Gasteiger partial charge < -0.3 is 15.2 Å². The number of rotatable bonds is 3. The standard InChI is InChI=1S/C12H17NO2/c1-9(13)6-7-10-8-14-11-4-2-3-5-12(11)15-10/h2-5,9-10H,6-8,13H2,1H3/t9-,10?/m0/s1. The molecule has 3 heteroatoms. The van der Waals surface area contributed by atoms with Crippen LogP contribution in [0, 0.1) is 0 Å². The number of para-hydroxylation sites is 2. The monoisotopic (exact) mass is 207 g/mol. The third-order valence-electron chi connectivity index (χ3n) is 2.51. The summed E-state index contributed by atoms with van der Waals surface area (Å²) in [6.45, 7) is 2.64. The van der Waals surface area contributed by atoms with Crippen molar-refractivity contribution in [2.24, 2.45) is 5.73 Å². The predicted molar refractivity (Wildman–Crippen MR) is 59.2 cm³/mol. The molecule has 1 aliphatic heterocycles. The van der Waals surface area contributed by atoms with Crippen LogP contribution in [0.4, 0.5) is 0 Å². The van der Waals surface area contributed by atoms with E-state index in [2.05, 4.69) is 0 Å². The molecule has 1 unspecified atom stereocenters. The normalized spacial score (nSPS) is 21.1. The molecule has 2 rings (SSSR count). The van der Waals surface area contributed by atoms with E-state index < -0.39 is 0 Å². The average molecular weight is 207 g/mol. The van der Waals surface area contributed by atoms with E-state index in [9.17, 15) is 0 Å². The second-order valence-corrected chi connectivity index (χ2v) is 4.05. The maximum absolute atomic E-state index is 5.80. The van der Waals surface area contributed by atoms with E-state index in [1.165, 1.54) is 0 Å². The molecular formula is C12H17NO2. The summed E-state index contributed by atoms with van der Waals surface area (Å²) in [4.78, 5) is 0. The molecule has 2 N–H and O–H groups in total. The van der Waals surface area contributed by atoms with Crippen molar-refractivity contribution in [1.82, 2.24) is 0 Å². The van der Waals surface area contributed by atoms with Gasteiger partial charge in [-0.15, -0.1) is 0 Å². The smallest absolute Gasteiger partial charge is 0.161 e. The van der Waals surface area contributed by atoms with Gasteiger partial charge in [-0.05, 0) is 31.9 Å². The highest BCUT2D eigenvalue weighted by Crippen LogP contribution is 2.31. The van der Waals surface area contributed by atoms with E-state index in [4.69, 9.17) is 15.2 Å². The summed E-state index contributed by atoms with van der Waals surface area (Å²) >= 11 is 0. The molecule has 1 aromatic rings. The molecule has 0 saturated carbocycles. The van der Waals surface area contributed by atoms with E-state index >= 15 is 0 Å². The van der Waals surface area contributed by atoms with Gasteiger partial charge in [0.1, 0.15) is 12.7 Å². The highest BCUT2D eigenvalue weighted by Gasteiger charge is 2.20. The molecular weight excluding hydrogens is 190 g/mol. The second kappa shape index (κ2) is 4.53. The van der Waals surface area contributed by atoms with Crippen molar-refractivity contribution in [1.29, 1.82) is 0 Å². The molecule has 0 aliphatic carbocycles. The van der Waals surface area contributed by atoms with Crippen molar-refractivity contribution >= 4 is 0 Å². The Bertz CT molecular complexity index is 325. The van der Waals surface area contributed by atoms with E-state index in [1.807, 2.05) is 31.2 Å². The summed E-state index contributed by atoms with van der Waals surface area (Å²) in [5.41, 5.74) is 5.71. The molecule has 0 bridgehead atoms. The first-order chi connectivity index (χ1) is 7.25. The number of ether oxygens (including phenoxy) is 2. The first-order valence-electron chi connectivity index (χ1n) is 5.40. The summed E-state index contributed by atoms with van der Waals surface area (Å²) in [7, 11) is 0. The number of benzene rings is 1. The summed E-state index contributed by atoms with van der Waals surface area (Å²) < 4.78 is 11.4. The molecule has 0 fully saturated rings. The van der Waals surface area contributed by atoms with Crippen LogP contribution in [-0.4, -0.2) is 18.8 Å². The fraction of sp³-hybridized carbons (Fsp3) is 0.500. The minimum Gasteiger partial charge on any atom is -0.486 e. The van der Waals surface area contributed by atoms with Crippen LogP contribution < -0.4 is 15.2 Å². The Morgan fingerprint density at radius 1 is 1.40 bits per heavy atom. The van der Waals surface area contributed by atoms with Gasteiger partial charge in [-0.1, -0.05) is 12.1 Å². The second-order valence-electron chi connectivity index (χ2n) is 4.05. The lowest BCUT2D eigenvalue weighted by atomic mass is 10.1. The third-order valence-corrected chi connectivity index (χ3v) is 2.51. The Kier molecular flexibility index (Phi) is 3.11. The van der Waals surface area contributed by atoms with Gasteiger partial charge in [-0.25, -0.2) is 0 Å². The van der Waals surface area contributed by atoms with Crippen LogP contribution in [0.25, 0.3) is 0 Å². The predicted octanol–water partition coefficient (Wildman–Crippen LogP) is 1.95. The first-order valence-corrected chi connectivity index (χ1v) is 5.40. The van der Waals surface area contributed by atoms with Gasteiger partial charge in [0.25, 0.3) is 0 Å². The van der Waals surface area contributed by atoms with Gasteiger partial charge in [0.2, 0.25) is 0 Å². The van der Waals surface area contributed by atoms with Gasteiger partial charge >= 0.3 is 0 Å². The molecule has 82 valence electrons. The molecule has 0 amide bonds. The van der Waals surface area contributed by atoms with Gasteiger partial charge in [0, 0.05) is 6.04 Å². The van der Waals surface area contributed by atoms with Gasteiger partial charge in [0.15, 0.2) is 11.5 Å². The Balaban J connectivity index is 1.94. The van der Waals surface area contributed by atoms with Crippen LogP contribution >= 0.6 is 0 Å². The van der Waals surface area contributed by atoms with Gasteiger partial charge in [-0.2, -0.15) is 0 Å². The minimum atomic E-state index is 0.144. The van der Waals surface area contributed by atoms with E-state index in [-0.39, 0.29) is 12.1 Å². The van der Waals surface area contributed by atoms with Crippen molar-refractivity contribution in [2.45, 2.75) is 31.9 Å². The summed E-state index contributed by atoms with van der Waals surface area (Å²) in [5, 5.41) is 0. The Morgan fingerprint density at radius 3 is 2.87 bits per heavy atom. The maximum Gasteiger partial charge on any atom is 0.161 e. The molecule has 0 saturated heterocycles. The van der Waals surface area contributed by atoms with Crippen molar-refractivity contribution in [2.75, 3.05) is 6.61 Å². The van der Waals surface area contributed by atoms with Crippen molar-refractivity contribution in [3.8, 4) is 11.5 Å². The van der Waals surface area contributed by atoms with Gasteiger partial charge in [0.05, 0.1) is 0 Å². The summed E-state index contributed by atoms with van der Waals surface area (Å²) in [6.07, 6.45) is 2.06. The zero-order valence-electron chi connectivity index (χ0n) is 8.98. The molecule has 1 aliphatic rings. The number of hydrogen-bond acceptors (Lipinski definition) is 3. The molecule has 15 heavy (non-hydrogen) atoms. The molecule has 2 atom stereocenters. The van der Waals surface area contributed by atoms with E-state index in [1.54, 1.807) is 0 Å². The van der Waals surface area contributed by atoms with Crippen molar-refractivity contribution in [3.05, 3.63) is 24.3 Å². The molecule has 0 spiro atoms. The van der Waals surface area contributed by atoms with Crippen molar-refractivity contribution in [3.63, 3.8) is 0 Å². The van der Waals surface area contributed by atoms with Crippen LogP contribution in [0.1, 0.15) is 19.8 Å². The van der Waals surface area contributed by atoms with Crippen molar-refractivity contribution < 1.29 is 9.47 Å². The molecule has 1 aromatic carbocycles. The van der Waals surface area contributed by atoms with Gasteiger partial charge in [-0.3, -0.25) is 0 Å². The minimum absolute atomic E-state index is 0.144. The van der Waals surface area contributed by atoms with Crippen LogP contribution in [0.3, 0.4) is 0 Å². The summed E-state index contributed by atoms with van der Waals surface area (Å²) in [5.74, 6) is 1.69. The number of fused-ring (bicyclic) bond motifs is 1. The number of hydrogen-bond donors (Lipinski definition) is 1. The highest BCUT2D eigenvalue weighted by atomic mass is 16.6. The van der Waals surface area contributed by atoms with Crippen LogP contribution in [0.15, 0.2) is 24.3 Å². The summed E-state index contributed by atoms with van der Waals surface area (Å²) in [6, 6.07) is 8.00. The Hall–Kier alpha value is -1.22. The first kappa shape index (κ1) is 10.3. The molecule has 0 aromatic heterocycles. The number of nitrogens with two attached hydrogens (primary N) is 1. The van der Waals surface area contributed by atoms with Crippen LogP contribution in [0.5, 0.6) is 11.5 Å². The molecule has 1 heterocycles. The quantitative estimate of drug-likeness (QED) is 0.824. The lowest BCUT2D eigenvalue weighted by Gasteiger charge is -2.26. The topological polar surface area (TPSA) is 44.5 Å². The third kappa shape index (κ3) is 2.63. The largest absolute Gasteiger partial charge is 0.486 e. The Labute approximate surface area is 90.2 Å². The van der Waals surface area contributed by atoms with Crippen LogP contribution in [0.2, 0.25) is 0 Å². The molecule has 0 radical (unpaired) electrons. The van der Waals surface area contributed by atoms with Crippen LogP contribution in [-0.2, 0) is 0 Å². The fourth-order valence-electron chi connectivity index (χ4n) is 1.65. The zero-order chi connectivity index (χ0) is 10.7. The highest BCUT2D eigenvalue weighted by molar-refractivity contribution is 5.40.